The molecule has 4 heteroatoms. The first-order valence-corrected chi connectivity index (χ1v) is 5.48. The first-order valence-electron chi connectivity index (χ1n) is 5.48. The van der Waals surface area contributed by atoms with Gasteiger partial charge in [-0.05, 0) is 32.8 Å². The molecule has 0 bridgehead atoms. The number of hydrogen-bond donors (Lipinski definition) is 1. The standard InChI is InChI=1S/C11H20N4/c1-4-15(5-2)11-13-7-10(8-14-11)6-9(3)12/h7-9H,4-6,12H2,1-3H3. The molecule has 0 aliphatic heterocycles. The van der Waals surface area contributed by atoms with Crippen LogP contribution >= 0.6 is 0 Å². The lowest BCUT2D eigenvalue weighted by Gasteiger charge is -2.18. The molecule has 84 valence electrons. The highest BCUT2D eigenvalue weighted by atomic mass is 15.2. The minimum absolute atomic E-state index is 0.160. The number of hydrogen-bond acceptors (Lipinski definition) is 4. The van der Waals surface area contributed by atoms with Crippen molar-refractivity contribution in [1.82, 2.24) is 9.97 Å². The zero-order valence-electron chi connectivity index (χ0n) is 9.77. The second-order valence-corrected chi connectivity index (χ2v) is 3.75. The zero-order valence-corrected chi connectivity index (χ0v) is 9.77. The van der Waals surface area contributed by atoms with Crippen LogP contribution in [0.5, 0.6) is 0 Å². The van der Waals surface area contributed by atoms with Crippen molar-refractivity contribution < 1.29 is 0 Å². The van der Waals surface area contributed by atoms with Crippen LogP contribution in [0.4, 0.5) is 5.95 Å². The van der Waals surface area contributed by atoms with Gasteiger partial charge in [-0.25, -0.2) is 9.97 Å². The Morgan fingerprint density at radius 3 is 2.20 bits per heavy atom. The normalized spacial score (nSPS) is 12.5. The minimum atomic E-state index is 0.160. The van der Waals surface area contributed by atoms with E-state index in [0.29, 0.717) is 0 Å². The van der Waals surface area contributed by atoms with Gasteiger partial charge in [-0.15, -0.1) is 0 Å². The van der Waals surface area contributed by atoms with Gasteiger partial charge in [0.2, 0.25) is 5.95 Å². The van der Waals surface area contributed by atoms with Crippen molar-refractivity contribution >= 4 is 5.95 Å². The Labute approximate surface area is 91.5 Å². The molecule has 1 aromatic heterocycles. The van der Waals surface area contributed by atoms with Crippen LogP contribution in [0.2, 0.25) is 0 Å². The fourth-order valence-electron chi connectivity index (χ4n) is 1.49. The van der Waals surface area contributed by atoms with Crippen LogP contribution in [-0.4, -0.2) is 29.1 Å². The molecule has 0 amide bonds. The lowest BCUT2D eigenvalue weighted by atomic mass is 10.1. The number of aromatic nitrogens is 2. The van der Waals surface area contributed by atoms with Crippen molar-refractivity contribution in [1.29, 1.82) is 0 Å². The molecule has 1 rings (SSSR count). The lowest BCUT2D eigenvalue weighted by molar-refractivity contribution is 0.729. The molecule has 1 heterocycles. The first-order chi connectivity index (χ1) is 7.17. The van der Waals surface area contributed by atoms with Gasteiger partial charge in [-0.2, -0.15) is 0 Å². The fraction of sp³-hybridized carbons (Fsp3) is 0.636. The van der Waals surface area contributed by atoms with E-state index in [-0.39, 0.29) is 6.04 Å². The molecule has 0 aliphatic rings. The smallest absolute Gasteiger partial charge is 0.225 e. The molecule has 0 saturated carbocycles. The predicted octanol–water partition coefficient (Wildman–Crippen LogP) is 1.21. The molecule has 0 radical (unpaired) electrons. The maximum absolute atomic E-state index is 5.71. The average molecular weight is 208 g/mol. The van der Waals surface area contributed by atoms with E-state index in [1.807, 2.05) is 19.3 Å². The van der Waals surface area contributed by atoms with E-state index in [2.05, 4.69) is 28.7 Å². The Kier molecular flexibility index (Phi) is 4.49. The summed E-state index contributed by atoms with van der Waals surface area (Å²) in [5.74, 6) is 0.799. The van der Waals surface area contributed by atoms with Crippen LogP contribution in [0.15, 0.2) is 12.4 Å². The van der Waals surface area contributed by atoms with Gasteiger partial charge in [0.1, 0.15) is 0 Å². The summed E-state index contributed by atoms with van der Waals surface area (Å²) in [6.07, 6.45) is 4.56. The molecule has 1 atom stereocenters. The van der Waals surface area contributed by atoms with Crippen molar-refractivity contribution in [2.45, 2.75) is 33.2 Å². The molecule has 0 spiro atoms. The summed E-state index contributed by atoms with van der Waals surface area (Å²) >= 11 is 0. The molecule has 0 aliphatic carbocycles. The van der Waals surface area contributed by atoms with E-state index < -0.39 is 0 Å². The van der Waals surface area contributed by atoms with Gasteiger partial charge in [0.05, 0.1) is 0 Å². The van der Waals surface area contributed by atoms with Gasteiger partial charge in [0.15, 0.2) is 0 Å². The molecule has 15 heavy (non-hydrogen) atoms. The molecule has 4 nitrogen and oxygen atoms in total. The number of rotatable bonds is 5. The van der Waals surface area contributed by atoms with E-state index >= 15 is 0 Å². The van der Waals surface area contributed by atoms with Gasteiger partial charge in [0.25, 0.3) is 0 Å². The molecule has 1 unspecified atom stereocenters. The van der Waals surface area contributed by atoms with Crippen LogP contribution in [-0.2, 0) is 6.42 Å². The topological polar surface area (TPSA) is 55.0 Å². The highest BCUT2D eigenvalue weighted by Crippen LogP contribution is 2.07. The summed E-state index contributed by atoms with van der Waals surface area (Å²) in [4.78, 5) is 10.8. The first kappa shape index (κ1) is 11.9. The number of nitrogens with two attached hydrogens (primary N) is 1. The molecule has 2 N–H and O–H groups in total. The quantitative estimate of drug-likeness (QED) is 0.790. The highest BCUT2D eigenvalue weighted by Gasteiger charge is 2.05. The van der Waals surface area contributed by atoms with Crippen molar-refractivity contribution in [2.75, 3.05) is 18.0 Å². The third-order valence-electron chi connectivity index (χ3n) is 2.30. The third kappa shape index (κ3) is 3.47. The van der Waals surface area contributed by atoms with E-state index in [0.717, 1.165) is 31.0 Å². The number of anilines is 1. The lowest BCUT2D eigenvalue weighted by Crippen LogP contribution is -2.24. The van der Waals surface area contributed by atoms with Gasteiger partial charge < -0.3 is 10.6 Å². The molecule has 0 saturated heterocycles. The second kappa shape index (κ2) is 5.66. The van der Waals surface area contributed by atoms with Crippen molar-refractivity contribution in [3.05, 3.63) is 18.0 Å². The largest absolute Gasteiger partial charge is 0.341 e. The van der Waals surface area contributed by atoms with Gasteiger partial charge >= 0.3 is 0 Å². The fourth-order valence-corrected chi connectivity index (χ4v) is 1.49. The van der Waals surface area contributed by atoms with Crippen LogP contribution in [0.25, 0.3) is 0 Å². The molecular formula is C11H20N4. The minimum Gasteiger partial charge on any atom is -0.341 e. The highest BCUT2D eigenvalue weighted by molar-refractivity contribution is 5.29. The summed E-state index contributed by atoms with van der Waals surface area (Å²) in [5, 5.41) is 0. The Bertz CT molecular complexity index is 277. The van der Waals surface area contributed by atoms with Crippen molar-refractivity contribution in [2.24, 2.45) is 5.73 Å². The molecule has 0 fully saturated rings. The Balaban J connectivity index is 2.71. The van der Waals surface area contributed by atoms with E-state index in [4.69, 9.17) is 5.73 Å². The Morgan fingerprint density at radius 2 is 1.80 bits per heavy atom. The summed E-state index contributed by atoms with van der Waals surface area (Å²) in [5.41, 5.74) is 6.81. The van der Waals surface area contributed by atoms with Crippen LogP contribution in [0.3, 0.4) is 0 Å². The van der Waals surface area contributed by atoms with Gasteiger partial charge in [0, 0.05) is 31.5 Å². The van der Waals surface area contributed by atoms with E-state index in [1.54, 1.807) is 0 Å². The van der Waals surface area contributed by atoms with Crippen molar-refractivity contribution in [3.63, 3.8) is 0 Å². The maximum Gasteiger partial charge on any atom is 0.225 e. The zero-order chi connectivity index (χ0) is 11.3. The van der Waals surface area contributed by atoms with Crippen LogP contribution in [0, 0.1) is 0 Å². The number of nitrogens with zero attached hydrogens (tertiary/aromatic N) is 3. The Morgan fingerprint density at radius 1 is 1.27 bits per heavy atom. The van der Waals surface area contributed by atoms with E-state index in [1.165, 1.54) is 0 Å². The van der Waals surface area contributed by atoms with Gasteiger partial charge in [-0.1, -0.05) is 0 Å². The van der Waals surface area contributed by atoms with Crippen LogP contribution < -0.4 is 10.6 Å². The second-order valence-electron chi connectivity index (χ2n) is 3.75. The predicted molar refractivity (Wildman–Crippen MR) is 62.9 cm³/mol. The molecular weight excluding hydrogens is 188 g/mol. The molecule has 0 aromatic carbocycles. The molecule has 1 aromatic rings. The van der Waals surface area contributed by atoms with Gasteiger partial charge in [-0.3, -0.25) is 0 Å². The monoisotopic (exact) mass is 208 g/mol. The summed E-state index contributed by atoms with van der Waals surface area (Å²) in [6.45, 7) is 8.05. The van der Waals surface area contributed by atoms with E-state index in [9.17, 15) is 0 Å². The summed E-state index contributed by atoms with van der Waals surface area (Å²) in [6, 6.07) is 0.160. The maximum atomic E-state index is 5.71. The average Bonchev–Trinajstić information content (AvgIpc) is 2.21. The van der Waals surface area contributed by atoms with Crippen molar-refractivity contribution in [3.8, 4) is 0 Å². The Hall–Kier alpha value is -1.16. The third-order valence-corrected chi connectivity index (χ3v) is 2.30. The summed E-state index contributed by atoms with van der Waals surface area (Å²) < 4.78 is 0. The summed E-state index contributed by atoms with van der Waals surface area (Å²) in [7, 11) is 0. The van der Waals surface area contributed by atoms with Crippen LogP contribution in [0.1, 0.15) is 26.3 Å². The SMILES string of the molecule is CCN(CC)c1ncc(CC(C)N)cn1.